The number of aliphatic hydroxyl groups is 1. The van der Waals surface area contributed by atoms with Gasteiger partial charge in [-0.15, -0.1) is 0 Å². The molecule has 4 heteroatoms. The van der Waals surface area contributed by atoms with E-state index in [9.17, 15) is 5.11 Å². The van der Waals surface area contributed by atoms with Crippen molar-refractivity contribution >= 4 is 5.69 Å². The standard InChI is InChI=1S/C16H26N2O2/c1-3-8-18-9-6-14(7-10-18)17-15-4-5-16(20-2)13(11-15)12-19/h4-5,11,14,17,19H,3,6-10,12H2,1-2H3. The van der Waals surface area contributed by atoms with Crippen LogP contribution in [0, 0.1) is 0 Å². The molecule has 1 aromatic rings. The molecule has 20 heavy (non-hydrogen) atoms. The minimum Gasteiger partial charge on any atom is -0.496 e. The molecule has 1 heterocycles. The molecular weight excluding hydrogens is 252 g/mol. The van der Waals surface area contributed by atoms with E-state index in [0.717, 1.165) is 17.0 Å². The monoisotopic (exact) mass is 278 g/mol. The number of ether oxygens (including phenoxy) is 1. The molecule has 0 aromatic heterocycles. The fourth-order valence-corrected chi connectivity index (χ4v) is 2.84. The van der Waals surface area contributed by atoms with Crippen LogP contribution >= 0.6 is 0 Å². The summed E-state index contributed by atoms with van der Waals surface area (Å²) >= 11 is 0. The lowest BCUT2D eigenvalue weighted by molar-refractivity contribution is 0.219. The van der Waals surface area contributed by atoms with Gasteiger partial charge < -0.3 is 20.1 Å². The summed E-state index contributed by atoms with van der Waals surface area (Å²) in [7, 11) is 1.63. The fourth-order valence-electron chi connectivity index (χ4n) is 2.84. The lowest BCUT2D eigenvalue weighted by Crippen LogP contribution is -2.39. The number of hydrogen-bond donors (Lipinski definition) is 2. The summed E-state index contributed by atoms with van der Waals surface area (Å²) < 4.78 is 5.23. The maximum Gasteiger partial charge on any atom is 0.124 e. The van der Waals surface area contributed by atoms with Gasteiger partial charge in [-0.05, 0) is 44.0 Å². The maximum absolute atomic E-state index is 9.36. The van der Waals surface area contributed by atoms with Crippen LogP contribution in [0.15, 0.2) is 18.2 Å². The van der Waals surface area contributed by atoms with Crippen LogP contribution in [0.1, 0.15) is 31.7 Å². The van der Waals surface area contributed by atoms with Gasteiger partial charge in [0.1, 0.15) is 5.75 Å². The summed E-state index contributed by atoms with van der Waals surface area (Å²) in [6, 6.07) is 6.45. The molecule has 0 bridgehead atoms. The number of nitrogens with one attached hydrogen (secondary N) is 1. The molecule has 0 atom stereocenters. The molecule has 1 aliphatic rings. The summed E-state index contributed by atoms with van der Waals surface area (Å²) in [4.78, 5) is 2.53. The molecule has 1 aliphatic heterocycles. The number of methoxy groups -OCH3 is 1. The Kier molecular flexibility index (Phi) is 5.68. The molecule has 0 radical (unpaired) electrons. The molecule has 0 aliphatic carbocycles. The Balaban J connectivity index is 1.91. The molecule has 2 N–H and O–H groups in total. The molecule has 1 fully saturated rings. The summed E-state index contributed by atoms with van der Waals surface area (Å²) in [6.45, 7) is 5.80. The van der Waals surface area contributed by atoms with Gasteiger partial charge in [0.25, 0.3) is 0 Å². The van der Waals surface area contributed by atoms with Crippen molar-refractivity contribution in [3.63, 3.8) is 0 Å². The van der Waals surface area contributed by atoms with Crippen molar-refractivity contribution in [3.8, 4) is 5.75 Å². The highest BCUT2D eigenvalue weighted by atomic mass is 16.5. The minimum atomic E-state index is 0.00758. The minimum absolute atomic E-state index is 0.00758. The van der Waals surface area contributed by atoms with Crippen molar-refractivity contribution in [1.82, 2.24) is 4.90 Å². The first-order valence-corrected chi connectivity index (χ1v) is 7.53. The Morgan fingerprint density at radius 2 is 2.10 bits per heavy atom. The van der Waals surface area contributed by atoms with Crippen molar-refractivity contribution in [3.05, 3.63) is 23.8 Å². The van der Waals surface area contributed by atoms with Crippen LogP contribution in [0.5, 0.6) is 5.75 Å². The van der Waals surface area contributed by atoms with E-state index < -0.39 is 0 Å². The fraction of sp³-hybridized carbons (Fsp3) is 0.625. The van der Waals surface area contributed by atoms with Crippen molar-refractivity contribution in [2.75, 3.05) is 32.1 Å². The summed E-state index contributed by atoms with van der Waals surface area (Å²) in [5.41, 5.74) is 1.91. The average molecular weight is 278 g/mol. The third-order valence-corrected chi connectivity index (χ3v) is 3.95. The van der Waals surface area contributed by atoms with Crippen LogP contribution in [0.25, 0.3) is 0 Å². The second-order valence-electron chi connectivity index (χ2n) is 5.44. The number of rotatable bonds is 6. The van der Waals surface area contributed by atoms with Crippen LogP contribution in [0.4, 0.5) is 5.69 Å². The first-order valence-electron chi connectivity index (χ1n) is 7.53. The lowest BCUT2D eigenvalue weighted by Gasteiger charge is -2.32. The number of benzene rings is 1. The zero-order valence-corrected chi connectivity index (χ0v) is 12.6. The third kappa shape index (κ3) is 3.87. The Labute approximate surface area is 121 Å². The molecular formula is C16H26N2O2. The topological polar surface area (TPSA) is 44.7 Å². The van der Waals surface area contributed by atoms with Crippen LogP contribution in [0.3, 0.4) is 0 Å². The molecule has 0 saturated carbocycles. The van der Waals surface area contributed by atoms with Gasteiger partial charge in [0.15, 0.2) is 0 Å². The average Bonchev–Trinajstić information content (AvgIpc) is 2.49. The smallest absolute Gasteiger partial charge is 0.124 e. The van der Waals surface area contributed by atoms with Gasteiger partial charge in [0.05, 0.1) is 13.7 Å². The number of anilines is 1. The normalized spacial score (nSPS) is 17.1. The predicted octanol–water partition coefficient (Wildman–Crippen LogP) is 2.47. The Morgan fingerprint density at radius 3 is 2.70 bits per heavy atom. The van der Waals surface area contributed by atoms with Crippen LogP contribution in [0.2, 0.25) is 0 Å². The van der Waals surface area contributed by atoms with E-state index in [1.165, 1.54) is 38.9 Å². The van der Waals surface area contributed by atoms with E-state index in [2.05, 4.69) is 17.1 Å². The van der Waals surface area contributed by atoms with Crippen LogP contribution in [-0.2, 0) is 6.61 Å². The molecule has 0 spiro atoms. The maximum atomic E-state index is 9.36. The molecule has 0 unspecified atom stereocenters. The van der Waals surface area contributed by atoms with Crippen LogP contribution in [-0.4, -0.2) is 42.8 Å². The first-order chi connectivity index (χ1) is 9.76. The zero-order chi connectivity index (χ0) is 14.4. The molecule has 0 amide bonds. The lowest BCUT2D eigenvalue weighted by atomic mass is 10.0. The molecule has 2 rings (SSSR count). The van der Waals surface area contributed by atoms with Gasteiger partial charge in [-0.2, -0.15) is 0 Å². The van der Waals surface area contributed by atoms with Crippen molar-refractivity contribution in [2.24, 2.45) is 0 Å². The summed E-state index contributed by atoms with van der Waals surface area (Å²) in [5, 5.41) is 12.9. The number of hydrogen-bond acceptors (Lipinski definition) is 4. The number of piperidine rings is 1. The number of aliphatic hydroxyl groups excluding tert-OH is 1. The molecule has 1 saturated heterocycles. The number of nitrogens with zero attached hydrogens (tertiary/aromatic N) is 1. The van der Waals surface area contributed by atoms with E-state index in [-0.39, 0.29) is 6.61 Å². The van der Waals surface area contributed by atoms with E-state index in [1.54, 1.807) is 7.11 Å². The second kappa shape index (κ2) is 7.50. The predicted molar refractivity (Wildman–Crippen MR) is 82.3 cm³/mol. The van der Waals surface area contributed by atoms with E-state index in [4.69, 9.17) is 4.74 Å². The highest BCUT2D eigenvalue weighted by molar-refractivity contribution is 5.51. The third-order valence-electron chi connectivity index (χ3n) is 3.95. The highest BCUT2D eigenvalue weighted by Gasteiger charge is 2.18. The first kappa shape index (κ1) is 15.1. The number of likely N-dealkylation sites (tertiary alicyclic amines) is 1. The second-order valence-corrected chi connectivity index (χ2v) is 5.44. The van der Waals surface area contributed by atoms with Crippen LogP contribution < -0.4 is 10.1 Å². The highest BCUT2D eigenvalue weighted by Crippen LogP contribution is 2.24. The van der Waals surface area contributed by atoms with E-state index in [1.807, 2.05) is 18.2 Å². The SMILES string of the molecule is CCCN1CCC(Nc2ccc(OC)c(CO)c2)CC1. The van der Waals surface area contributed by atoms with E-state index >= 15 is 0 Å². The Morgan fingerprint density at radius 1 is 1.35 bits per heavy atom. The van der Waals surface area contributed by atoms with Gasteiger partial charge in [-0.3, -0.25) is 0 Å². The van der Waals surface area contributed by atoms with Gasteiger partial charge in [0, 0.05) is 30.4 Å². The molecule has 4 nitrogen and oxygen atoms in total. The molecule has 1 aromatic carbocycles. The summed E-state index contributed by atoms with van der Waals surface area (Å²) in [6.07, 6.45) is 3.59. The zero-order valence-electron chi connectivity index (χ0n) is 12.6. The quantitative estimate of drug-likeness (QED) is 0.839. The van der Waals surface area contributed by atoms with Gasteiger partial charge >= 0.3 is 0 Å². The Bertz CT molecular complexity index is 415. The van der Waals surface area contributed by atoms with E-state index in [0.29, 0.717) is 6.04 Å². The van der Waals surface area contributed by atoms with Gasteiger partial charge in [-0.25, -0.2) is 0 Å². The molecule has 112 valence electrons. The largest absolute Gasteiger partial charge is 0.496 e. The van der Waals surface area contributed by atoms with Crippen molar-refractivity contribution in [2.45, 2.75) is 38.8 Å². The van der Waals surface area contributed by atoms with Crippen molar-refractivity contribution in [1.29, 1.82) is 0 Å². The van der Waals surface area contributed by atoms with Crippen molar-refractivity contribution < 1.29 is 9.84 Å². The van der Waals surface area contributed by atoms with Gasteiger partial charge in [-0.1, -0.05) is 6.92 Å². The summed E-state index contributed by atoms with van der Waals surface area (Å²) in [5.74, 6) is 0.746. The Hall–Kier alpha value is -1.26. The van der Waals surface area contributed by atoms with Gasteiger partial charge in [0.2, 0.25) is 0 Å².